The fraction of sp³-hybridized carbons (Fsp3) is 0.389. The normalized spacial score (nSPS) is 29.7. The molecular weight excluding hydrogens is 377 g/mol. The molecule has 5 rings (SSSR count). The fourth-order valence-electron chi connectivity index (χ4n) is 4.35. The predicted molar refractivity (Wildman–Crippen MR) is 95.2 cm³/mol. The number of amides is 2. The zero-order valence-electron chi connectivity index (χ0n) is 13.6. The van der Waals surface area contributed by atoms with Crippen molar-refractivity contribution in [3.63, 3.8) is 0 Å². The molecule has 3 saturated heterocycles. The lowest BCUT2D eigenvalue weighted by atomic mass is 9.81. The van der Waals surface area contributed by atoms with Gasteiger partial charge in [0.25, 0.3) is 0 Å². The van der Waals surface area contributed by atoms with Crippen LogP contribution >= 0.6 is 23.2 Å². The maximum absolute atomic E-state index is 12.8. The van der Waals surface area contributed by atoms with E-state index in [-0.39, 0.29) is 35.9 Å². The average Bonchev–Trinajstić information content (AvgIpc) is 3.35. The Labute approximate surface area is 159 Å². The second-order valence-electron chi connectivity index (χ2n) is 6.99. The maximum Gasteiger partial charge on any atom is 0.240 e. The molecule has 1 aromatic heterocycles. The van der Waals surface area contributed by atoms with Gasteiger partial charge in [0.1, 0.15) is 0 Å². The average molecular weight is 392 g/mol. The van der Waals surface area contributed by atoms with E-state index in [4.69, 9.17) is 27.9 Å². The van der Waals surface area contributed by atoms with Crippen LogP contribution in [-0.4, -0.2) is 33.8 Å². The fourth-order valence-corrected chi connectivity index (χ4v) is 4.81. The van der Waals surface area contributed by atoms with Gasteiger partial charge in [0.2, 0.25) is 11.8 Å². The summed E-state index contributed by atoms with van der Waals surface area (Å²) in [5, 5.41) is 5.40. The Morgan fingerprint density at radius 2 is 1.81 bits per heavy atom. The lowest BCUT2D eigenvalue weighted by Gasteiger charge is -2.15. The van der Waals surface area contributed by atoms with Crippen LogP contribution in [0.2, 0.25) is 10.0 Å². The number of carbonyl (C=O) groups is 2. The van der Waals surface area contributed by atoms with Crippen LogP contribution < -0.4 is 4.90 Å². The van der Waals surface area contributed by atoms with Gasteiger partial charge in [-0.2, -0.15) is 5.10 Å². The molecule has 26 heavy (non-hydrogen) atoms. The Balaban J connectivity index is 1.40. The molecular formula is C18H15Cl2N3O3. The third-order valence-corrected chi connectivity index (χ3v) is 6.10. The summed E-state index contributed by atoms with van der Waals surface area (Å²) < 4.78 is 7.41. The van der Waals surface area contributed by atoms with Gasteiger partial charge >= 0.3 is 0 Å². The quantitative estimate of drug-likeness (QED) is 0.754. The number of aromatic nitrogens is 2. The summed E-state index contributed by atoms with van der Waals surface area (Å²) in [7, 11) is 0. The molecule has 6 nitrogen and oxygen atoms in total. The molecule has 4 atom stereocenters. The summed E-state index contributed by atoms with van der Waals surface area (Å²) >= 11 is 12.1. The highest BCUT2D eigenvalue weighted by Gasteiger charge is 2.62. The number of imide groups is 1. The number of fused-ring (bicyclic) bond motifs is 5. The van der Waals surface area contributed by atoms with E-state index in [0.717, 1.165) is 18.4 Å². The number of hydrogen-bond donors (Lipinski definition) is 0. The number of ether oxygens (including phenoxy) is 1. The number of anilines is 1. The molecule has 0 aliphatic carbocycles. The van der Waals surface area contributed by atoms with E-state index in [1.165, 1.54) is 4.90 Å². The van der Waals surface area contributed by atoms with Gasteiger partial charge in [-0.05, 0) is 30.5 Å². The van der Waals surface area contributed by atoms with Crippen molar-refractivity contribution in [1.82, 2.24) is 9.78 Å². The molecule has 0 spiro atoms. The number of rotatable bonds is 3. The first-order valence-electron chi connectivity index (χ1n) is 8.52. The Kier molecular flexibility index (Phi) is 3.64. The van der Waals surface area contributed by atoms with Crippen molar-refractivity contribution in [3.05, 3.63) is 46.2 Å². The molecule has 0 N–H and O–H groups in total. The van der Waals surface area contributed by atoms with Gasteiger partial charge in [-0.3, -0.25) is 14.3 Å². The topological polar surface area (TPSA) is 64.4 Å². The second-order valence-corrected chi connectivity index (χ2v) is 7.83. The lowest BCUT2D eigenvalue weighted by Crippen LogP contribution is -2.34. The molecule has 0 unspecified atom stereocenters. The number of hydrogen-bond acceptors (Lipinski definition) is 4. The molecule has 0 radical (unpaired) electrons. The SMILES string of the molecule is O=C1[C@@H]2[C@H](C(=O)N1c1cnn(Cc3ccc(Cl)cc3Cl)c1)[C@@H]1CC[C@@H]2O1. The van der Waals surface area contributed by atoms with Crippen LogP contribution in [0.25, 0.3) is 0 Å². The monoisotopic (exact) mass is 391 g/mol. The Morgan fingerprint density at radius 1 is 1.12 bits per heavy atom. The van der Waals surface area contributed by atoms with Crippen LogP contribution in [0, 0.1) is 11.8 Å². The van der Waals surface area contributed by atoms with E-state index in [2.05, 4.69) is 5.10 Å². The summed E-state index contributed by atoms with van der Waals surface area (Å²) in [5.41, 5.74) is 1.35. The van der Waals surface area contributed by atoms with Crippen molar-refractivity contribution in [2.45, 2.75) is 31.6 Å². The van der Waals surface area contributed by atoms with Gasteiger partial charge < -0.3 is 4.74 Å². The van der Waals surface area contributed by atoms with E-state index < -0.39 is 0 Å². The van der Waals surface area contributed by atoms with E-state index in [1.807, 2.05) is 6.07 Å². The molecule has 2 bridgehead atoms. The van der Waals surface area contributed by atoms with Crippen molar-refractivity contribution in [3.8, 4) is 0 Å². The largest absolute Gasteiger partial charge is 0.373 e. The molecule has 0 saturated carbocycles. The van der Waals surface area contributed by atoms with Gasteiger partial charge in [0, 0.05) is 16.2 Å². The Bertz CT molecular complexity index is 900. The summed E-state index contributed by atoms with van der Waals surface area (Å²) in [6, 6.07) is 5.27. The molecule has 3 aliphatic rings. The predicted octanol–water partition coefficient (Wildman–Crippen LogP) is 2.91. The standard InChI is InChI=1S/C18H15Cl2N3O3/c19-10-2-1-9(12(20)5-10)7-22-8-11(6-21-22)23-17(24)15-13-3-4-14(26-13)16(15)18(23)25/h1-2,5-6,8,13-16H,3-4,7H2/t13-,14-,15-,16+/m0/s1. The van der Waals surface area contributed by atoms with Crippen molar-refractivity contribution in [2.75, 3.05) is 4.90 Å². The molecule has 3 aliphatic heterocycles. The van der Waals surface area contributed by atoms with Crippen LogP contribution in [0.1, 0.15) is 18.4 Å². The van der Waals surface area contributed by atoms with Gasteiger partial charge in [-0.15, -0.1) is 0 Å². The van der Waals surface area contributed by atoms with Crippen LogP contribution in [0.15, 0.2) is 30.6 Å². The highest BCUT2D eigenvalue weighted by molar-refractivity contribution is 6.35. The maximum atomic E-state index is 12.8. The van der Waals surface area contributed by atoms with Crippen LogP contribution in [0.5, 0.6) is 0 Å². The molecule has 3 fully saturated rings. The molecule has 8 heteroatoms. The first-order valence-corrected chi connectivity index (χ1v) is 9.28. The number of halogens is 2. The van der Waals surface area contributed by atoms with Crippen molar-refractivity contribution >= 4 is 40.7 Å². The summed E-state index contributed by atoms with van der Waals surface area (Å²) in [6.07, 6.45) is 4.72. The van der Waals surface area contributed by atoms with E-state index in [1.54, 1.807) is 29.2 Å². The molecule has 2 amide bonds. The third kappa shape index (κ3) is 2.32. The lowest BCUT2D eigenvalue weighted by molar-refractivity contribution is -0.124. The smallest absolute Gasteiger partial charge is 0.240 e. The zero-order valence-corrected chi connectivity index (χ0v) is 15.2. The Hall–Kier alpha value is -1.89. The van der Waals surface area contributed by atoms with Crippen LogP contribution in [0.4, 0.5) is 5.69 Å². The van der Waals surface area contributed by atoms with Crippen molar-refractivity contribution in [2.24, 2.45) is 11.8 Å². The van der Waals surface area contributed by atoms with Gasteiger partial charge in [-0.25, -0.2) is 4.90 Å². The molecule has 1 aromatic carbocycles. The first-order chi connectivity index (χ1) is 12.5. The minimum absolute atomic E-state index is 0.116. The van der Waals surface area contributed by atoms with E-state index in [9.17, 15) is 9.59 Å². The highest BCUT2D eigenvalue weighted by atomic mass is 35.5. The number of nitrogens with zero attached hydrogens (tertiary/aromatic N) is 3. The summed E-state index contributed by atoms with van der Waals surface area (Å²) in [6.45, 7) is 0.424. The summed E-state index contributed by atoms with van der Waals surface area (Å²) in [5.74, 6) is -1.02. The van der Waals surface area contributed by atoms with Crippen molar-refractivity contribution in [1.29, 1.82) is 0 Å². The summed E-state index contributed by atoms with van der Waals surface area (Å²) in [4.78, 5) is 26.9. The van der Waals surface area contributed by atoms with Crippen LogP contribution in [-0.2, 0) is 20.9 Å². The van der Waals surface area contributed by atoms with E-state index >= 15 is 0 Å². The molecule has 2 aromatic rings. The third-order valence-electron chi connectivity index (χ3n) is 5.51. The van der Waals surface area contributed by atoms with Gasteiger partial charge in [-0.1, -0.05) is 29.3 Å². The van der Waals surface area contributed by atoms with Gasteiger partial charge in [0.05, 0.1) is 42.5 Å². The van der Waals surface area contributed by atoms with Crippen LogP contribution in [0.3, 0.4) is 0 Å². The minimum Gasteiger partial charge on any atom is -0.373 e. The van der Waals surface area contributed by atoms with Gasteiger partial charge in [0.15, 0.2) is 0 Å². The highest BCUT2D eigenvalue weighted by Crippen LogP contribution is 2.49. The van der Waals surface area contributed by atoms with E-state index in [0.29, 0.717) is 22.3 Å². The minimum atomic E-state index is -0.338. The number of carbonyl (C=O) groups excluding carboxylic acids is 2. The first kappa shape index (κ1) is 16.3. The Morgan fingerprint density at radius 3 is 2.46 bits per heavy atom. The molecule has 134 valence electrons. The zero-order chi connectivity index (χ0) is 18.0. The van der Waals surface area contributed by atoms with Crippen molar-refractivity contribution < 1.29 is 14.3 Å². The molecule has 4 heterocycles. The number of benzene rings is 1. The second kappa shape index (κ2) is 5.81.